The van der Waals surface area contributed by atoms with Crippen LogP contribution in [-0.2, 0) is 19.5 Å². The van der Waals surface area contributed by atoms with Crippen molar-refractivity contribution in [3.05, 3.63) is 70.5 Å². The molecule has 8 nitrogen and oxygen atoms in total. The first-order valence-electron chi connectivity index (χ1n) is 11.8. The molecule has 5 rings (SSSR count). The van der Waals surface area contributed by atoms with Crippen LogP contribution in [0.15, 0.2) is 53.6 Å². The van der Waals surface area contributed by atoms with Gasteiger partial charge in [-0.05, 0) is 47.2 Å². The lowest BCUT2D eigenvalue weighted by molar-refractivity contribution is 0.590. The molecule has 0 aliphatic heterocycles. The third-order valence-corrected chi connectivity index (χ3v) is 6.36. The van der Waals surface area contributed by atoms with E-state index >= 15 is 0 Å². The molecule has 4 aromatic rings. The first-order chi connectivity index (χ1) is 16.2. The minimum absolute atomic E-state index is 0.0847. The van der Waals surface area contributed by atoms with Crippen molar-refractivity contribution in [2.24, 2.45) is 5.92 Å². The second kappa shape index (κ2) is 9.52. The van der Waals surface area contributed by atoms with Crippen LogP contribution in [0.1, 0.15) is 50.3 Å². The van der Waals surface area contributed by atoms with Crippen molar-refractivity contribution in [3.8, 4) is 22.6 Å². The highest BCUT2D eigenvalue weighted by Crippen LogP contribution is 2.33. The van der Waals surface area contributed by atoms with E-state index < -0.39 is 0 Å². The Morgan fingerprint density at radius 1 is 1.12 bits per heavy atom. The average molecular weight is 444 g/mol. The summed E-state index contributed by atoms with van der Waals surface area (Å²) < 4.78 is 3.82. The van der Waals surface area contributed by atoms with Gasteiger partial charge in [0.1, 0.15) is 0 Å². The van der Waals surface area contributed by atoms with Crippen molar-refractivity contribution < 1.29 is 0 Å². The predicted molar refractivity (Wildman–Crippen MR) is 127 cm³/mol. The molecule has 0 spiro atoms. The molecule has 1 aliphatic carbocycles. The lowest BCUT2D eigenvalue weighted by Crippen LogP contribution is -2.25. The standard InChI is InChI=1S/C25H29N7O/c1-2-3-14-31-17-20(12-10-18-8-9-18)32(25(31)33)16-19-11-13-23(26-15-19)21-6-4-5-7-22(21)24-27-29-30-28-24/h4-7,11,13,15,17-18H,2-3,8-10,12,14,16H2,1H3,(H,27,28,29,30). The molecule has 1 aromatic carbocycles. The van der Waals surface area contributed by atoms with Crippen LogP contribution in [0.5, 0.6) is 0 Å². The van der Waals surface area contributed by atoms with Crippen LogP contribution in [0.4, 0.5) is 0 Å². The van der Waals surface area contributed by atoms with Crippen molar-refractivity contribution in [2.45, 2.75) is 58.5 Å². The molecule has 0 unspecified atom stereocenters. The van der Waals surface area contributed by atoms with Crippen LogP contribution in [0.25, 0.3) is 22.6 Å². The topological polar surface area (TPSA) is 94.3 Å². The van der Waals surface area contributed by atoms with Gasteiger partial charge in [-0.15, -0.1) is 5.10 Å². The Kier molecular flexibility index (Phi) is 6.15. The number of hydrogen-bond acceptors (Lipinski definition) is 5. The SMILES string of the molecule is CCCCn1cc(CCC2CC2)n(Cc2ccc(-c3ccccc3-c3nnn[nH]3)nc2)c1=O. The van der Waals surface area contributed by atoms with Crippen LogP contribution >= 0.6 is 0 Å². The Morgan fingerprint density at radius 3 is 2.67 bits per heavy atom. The van der Waals surface area contributed by atoms with E-state index in [1.165, 1.54) is 19.3 Å². The maximum atomic E-state index is 13.1. The van der Waals surface area contributed by atoms with E-state index in [2.05, 4.69) is 39.8 Å². The summed E-state index contributed by atoms with van der Waals surface area (Å²) in [4.78, 5) is 17.8. The minimum Gasteiger partial charge on any atom is -0.299 e. The molecule has 0 atom stereocenters. The normalized spacial score (nSPS) is 13.5. The van der Waals surface area contributed by atoms with E-state index in [1.54, 1.807) is 0 Å². The predicted octanol–water partition coefficient (Wildman–Crippen LogP) is 4.08. The van der Waals surface area contributed by atoms with Gasteiger partial charge in [-0.1, -0.05) is 56.5 Å². The Hall–Kier alpha value is -3.55. The lowest BCUT2D eigenvalue weighted by Gasteiger charge is -2.09. The Balaban J connectivity index is 1.40. The van der Waals surface area contributed by atoms with Crippen LogP contribution in [-0.4, -0.2) is 34.7 Å². The molecule has 0 bridgehead atoms. The van der Waals surface area contributed by atoms with Crippen molar-refractivity contribution in [1.82, 2.24) is 34.7 Å². The molecular weight excluding hydrogens is 414 g/mol. The number of imidazole rings is 1. The van der Waals surface area contributed by atoms with Gasteiger partial charge in [-0.3, -0.25) is 14.1 Å². The number of rotatable bonds is 10. The number of aryl methyl sites for hydroxylation is 2. The van der Waals surface area contributed by atoms with Gasteiger partial charge in [0.15, 0.2) is 5.82 Å². The van der Waals surface area contributed by atoms with E-state index in [0.717, 1.165) is 59.8 Å². The van der Waals surface area contributed by atoms with Gasteiger partial charge >= 0.3 is 5.69 Å². The van der Waals surface area contributed by atoms with Crippen LogP contribution in [0, 0.1) is 5.92 Å². The minimum atomic E-state index is 0.0847. The number of nitrogens with zero attached hydrogens (tertiary/aromatic N) is 6. The van der Waals surface area contributed by atoms with E-state index in [1.807, 2.05) is 45.7 Å². The summed E-state index contributed by atoms with van der Waals surface area (Å²) >= 11 is 0. The number of aromatic amines is 1. The second-order valence-corrected chi connectivity index (χ2v) is 8.87. The molecule has 3 aromatic heterocycles. The summed E-state index contributed by atoms with van der Waals surface area (Å²) in [5, 5.41) is 14.2. The number of aromatic nitrogens is 7. The zero-order valence-corrected chi connectivity index (χ0v) is 18.9. The molecule has 3 heterocycles. The largest absolute Gasteiger partial charge is 0.328 e. The maximum Gasteiger partial charge on any atom is 0.328 e. The number of benzene rings is 1. The van der Waals surface area contributed by atoms with Crippen LogP contribution < -0.4 is 5.69 Å². The highest BCUT2D eigenvalue weighted by atomic mass is 16.1. The molecule has 1 saturated carbocycles. The summed E-state index contributed by atoms with van der Waals surface area (Å²) in [7, 11) is 0. The fourth-order valence-corrected chi connectivity index (χ4v) is 4.24. The van der Waals surface area contributed by atoms with Crippen molar-refractivity contribution in [3.63, 3.8) is 0 Å². The summed E-state index contributed by atoms with van der Waals surface area (Å²) in [6.07, 6.45) is 10.8. The van der Waals surface area contributed by atoms with Crippen molar-refractivity contribution in [1.29, 1.82) is 0 Å². The van der Waals surface area contributed by atoms with Gasteiger partial charge in [0.05, 0.1) is 12.2 Å². The van der Waals surface area contributed by atoms with E-state index in [0.29, 0.717) is 12.4 Å². The van der Waals surface area contributed by atoms with Crippen molar-refractivity contribution >= 4 is 0 Å². The summed E-state index contributed by atoms with van der Waals surface area (Å²) in [5.41, 5.74) is 4.93. The molecule has 0 saturated heterocycles. The number of pyridine rings is 1. The maximum absolute atomic E-state index is 13.1. The summed E-state index contributed by atoms with van der Waals surface area (Å²) in [5.74, 6) is 1.45. The first-order valence-corrected chi connectivity index (χ1v) is 11.8. The molecule has 1 aliphatic rings. The zero-order chi connectivity index (χ0) is 22.6. The average Bonchev–Trinajstić information content (AvgIpc) is 3.43. The summed E-state index contributed by atoms with van der Waals surface area (Å²) in [6.45, 7) is 3.47. The van der Waals surface area contributed by atoms with Crippen molar-refractivity contribution in [2.75, 3.05) is 0 Å². The van der Waals surface area contributed by atoms with Crippen LogP contribution in [0.2, 0.25) is 0 Å². The number of unbranched alkanes of at least 4 members (excludes halogenated alkanes) is 1. The summed E-state index contributed by atoms with van der Waals surface area (Å²) in [6, 6.07) is 12.0. The van der Waals surface area contributed by atoms with E-state index in [-0.39, 0.29) is 5.69 Å². The molecular formula is C25H29N7O. The van der Waals surface area contributed by atoms with Gasteiger partial charge in [0.2, 0.25) is 0 Å². The van der Waals surface area contributed by atoms with Gasteiger partial charge in [-0.2, -0.15) is 0 Å². The highest BCUT2D eigenvalue weighted by Gasteiger charge is 2.22. The van der Waals surface area contributed by atoms with Gasteiger partial charge in [-0.25, -0.2) is 9.89 Å². The molecule has 1 fully saturated rings. The van der Waals surface area contributed by atoms with Gasteiger partial charge in [0.25, 0.3) is 0 Å². The lowest BCUT2D eigenvalue weighted by atomic mass is 10.0. The quantitative estimate of drug-likeness (QED) is 0.398. The Labute approximate surface area is 192 Å². The Morgan fingerprint density at radius 2 is 1.97 bits per heavy atom. The Bertz CT molecular complexity index is 1250. The van der Waals surface area contributed by atoms with E-state index in [4.69, 9.17) is 4.98 Å². The third kappa shape index (κ3) is 4.79. The number of H-pyrrole nitrogens is 1. The van der Waals surface area contributed by atoms with Gasteiger partial charge in [0, 0.05) is 35.8 Å². The highest BCUT2D eigenvalue weighted by molar-refractivity contribution is 5.78. The molecule has 170 valence electrons. The molecule has 8 heteroatoms. The fourth-order valence-electron chi connectivity index (χ4n) is 4.24. The molecule has 1 N–H and O–H groups in total. The monoisotopic (exact) mass is 443 g/mol. The molecule has 0 amide bonds. The second-order valence-electron chi connectivity index (χ2n) is 8.87. The third-order valence-electron chi connectivity index (χ3n) is 6.36. The first kappa shape index (κ1) is 21.3. The van der Waals surface area contributed by atoms with E-state index in [9.17, 15) is 4.79 Å². The zero-order valence-electron chi connectivity index (χ0n) is 18.9. The van der Waals surface area contributed by atoms with Crippen LogP contribution in [0.3, 0.4) is 0 Å². The molecule has 33 heavy (non-hydrogen) atoms. The van der Waals surface area contributed by atoms with Gasteiger partial charge < -0.3 is 0 Å². The fraction of sp³-hybridized carbons (Fsp3) is 0.400. The number of hydrogen-bond donors (Lipinski definition) is 1. The number of nitrogens with one attached hydrogen (secondary N) is 1. The number of tetrazole rings is 1. The smallest absolute Gasteiger partial charge is 0.299 e. The molecule has 0 radical (unpaired) electrons.